The van der Waals surface area contributed by atoms with Crippen LogP contribution in [0, 0.1) is 0 Å². The summed E-state index contributed by atoms with van der Waals surface area (Å²) in [6.07, 6.45) is 5.57. The van der Waals surface area contributed by atoms with E-state index < -0.39 is 0 Å². The van der Waals surface area contributed by atoms with Gasteiger partial charge >= 0.3 is 0 Å². The van der Waals surface area contributed by atoms with Crippen LogP contribution in [0.5, 0.6) is 0 Å². The summed E-state index contributed by atoms with van der Waals surface area (Å²) in [5, 5.41) is 2.31. The Balaban J connectivity index is 0.00000169. The Morgan fingerprint density at radius 2 is 1.86 bits per heavy atom. The summed E-state index contributed by atoms with van der Waals surface area (Å²) in [7, 11) is 0. The molecule has 0 aliphatic rings. The molecule has 78 valence electrons. The monoisotopic (exact) mass is 193 g/mol. The lowest BCUT2D eigenvalue weighted by molar-refractivity contribution is -0.662. The van der Waals surface area contributed by atoms with Crippen LogP contribution in [0.2, 0.25) is 0 Å². The lowest BCUT2D eigenvalue weighted by Crippen LogP contribution is -2.82. The number of quaternary nitrogens is 1. The molecule has 0 saturated carbocycles. The van der Waals surface area contributed by atoms with Crippen molar-refractivity contribution >= 4 is 0 Å². The highest BCUT2D eigenvalue weighted by molar-refractivity contribution is 5.12. The van der Waals surface area contributed by atoms with E-state index in [1.807, 2.05) is 0 Å². The van der Waals surface area contributed by atoms with Crippen LogP contribution in [-0.2, 0) is 6.54 Å². The lowest BCUT2D eigenvalue weighted by Gasteiger charge is -1.97. The molecule has 14 heavy (non-hydrogen) atoms. The third-order valence-electron chi connectivity index (χ3n) is 1.93. The molecule has 0 aromatic heterocycles. The summed E-state index contributed by atoms with van der Waals surface area (Å²) < 4.78 is 0. The minimum atomic E-state index is 0. The number of allylic oxidation sites excluding steroid dienone is 1. The molecule has 0 aliphatic carbocycles. The summed E-state index contributed by atoms with van der Waals surface area (Å²) in [5.74, 6) is 0. The normalized spacial score (nSPS) is 10.1. The van der Waals surface area contributed by atoms with Gasteiger partial charge in [-0.2, -0.15) is 0 Å². The van der Waals surface area contributed by atoms with Crippen molar-refractivity contribution in [3.8, 4) is 0 Å². The second-order valence-corrected chi connectivity index (χ2v) is 3.09. The second-order valence-electron chi connectivity index (χ2n) is 3.09. The van der Waals surface area contributed by atoms with Gasteiger partial charge in [-0.05, 0) is 12.5 Å². The van der Waals surface area contributed by atoms with Crippen LogP contribution in [0.4, 0.5) is 0 Å². The molecular formula is C12H19NO. The second kappa shape index (κ2) is 8.48. The van der Waals surface area contributed by atoms with E-state index >= 15 is 0 Å². The first kappa shape index (κ1) is 12.9. The summed E-state index contributed by atoms with van der Waals surface area (Å²) in [4.78, 5) is 0. The van der Waals surface area contributed by atoms with E-state index in [1.54, 1.807) is 0 Å². The molecule has 0 fully saturated rings. The Labute approximate surface area is 86.0 Å². The van der Waals surface area contributed by atoms with Gasteiger partial charge in [0.15, 0.2) is 0 Å². The van der Waals surface area contributed by atoms with E-state index in [4.69, 9.17) is 0 Å². The Kier molecular flexibility index (Phi) is 7.80. The number of rotatable bonds is 5. The average Bonchev–Trinajstić information content (AvgIpc) is 2.19. The molecule has 0 atom stereocenters. The molecule has 0 saturated heterocycles. The Morgan fingerprint density at radius 3 is 2.50 bits per heavy atom. The number of hydrogen-bond donors (Lipinski definition) is 1. The van der Waals surface area contributed by atoms with Gasteiger partial charge < -0.3 is 10.8 Å². The van der Waals surface area contributed by atoms with E-state index in [1.165, 1.54) is 5.56 Å². The zero-order valence-electron chi connectivity index (χ0n) is 8.69. The third-order valence-corrected chi connectivity index (χ3v) is 1.93. The molecule has 0 amide bonds. The number of nitrogens with two attached hydrogens (primary N) is 1. The molecule has 0 bridgehead atoms. The fraction of sp³-hybridized carbons (Fsp3) is 0.333. The molecule has 1 aromatic carbocycles. The summed E-state index contributed by atoms with van der Waals surface area (Å²) >= 11 is 0. The zero-order valence-corrected chi connectivity index (χ0v) is 8.69. The Hall–Kier alpha value is -1.12. The predicted octanol–water partition coefficient (Wildman–Crippen LogP) is 1.54. The summed E-state index contributed by atoms with van der Waals surface area (Å²) in [5.41, 5.74) is 1.40. The van der Waals surface area contributed by atoms with Gasteiger partial charge in [0.1, 0.15) is 6.54 Å². The molecule has 0 unspecified atom stereocenters. The Bertz CT molecular complexity index is 244. The standard InChI is InChI=1S/C12H17N.H2O/c1-2-3-7-10-13-11-12-8-5-4-6-9-12;/h3-9,13H,2,10-11H2,1H3;1H2. The van der Waals surface area contributed by atoms with Crippen molar-refractivity contribution < 1.29 is 10.8 Å². The first-order chi connectivity index (χ1) is 6.43. The SMILES string of the molecule is CCC=CC[NH2+]Cc1ccccc1.[OH-]. The van der Waals surface area contributed by atoms with Gasteiger partial charge in [0.05, 0.1) is 6.54 Å². The largest absolute Gasteiger partial charge is 0.870 e. The maximum Gasteiger partial charge on any atom is 0.101 e. The molecule has 3 N–H and O–H groups in total. The average molecular weight is 193 g/mol. The highest BCUT2D eigenvalue weighted by Gasteiger charge is 1.90. The van der Waals surface area contributed by atoms with Crippen LogP contribution < -0.4 is 5.32 Å². The highest BCUT2D eigenvalue weighted by Crippen LogP contribution is 1.94. The van der Waals surface area contributed by atoms with E-state index in [9.17, 15) is 0 Å². The molecule has 0 spiro atoms. The van der Waals surface area contributed by atoms with Gasteiger partial charge in [-0.1, -0.05) is 43.3 Å². The van der Waals surface area contributed by atoms with E-state index in [0.29, 0.717) is 0 Å². The quantitative estimate of drug-likeness (QED) is 0.559. The van der Waals surface area contributed by atoms with Crippen LogP contribution in [0.1, 0.15) is 18.9 Å². The van der Waals surface area contributed by atoms with Crippen LogP contribution in [0.15, 0.2) is 42.5 Å². The van der Waals surface area contributed by atoms with E-state index in [2.05, 4.69) is 54.7 Å². The first-order valence-corrected chi connectivity index (χ1v) is 4.94. The first-order valence-electron chi connectivity index (χ1n) is 4.94. The minimum absolute atomic E-state index is 0. The highest BCUT2D eigenvalue weighted by atomic mass is 16.0. The molecule has 1 aromatic rings. The molecule has 2 nitrogen and oxygen atoms in total. The van der Waals surface area contributed by atoms with Crippen LogP contribution in [0.3, 0.4) is 0 Å². The topological polar surface area (TPSA) is 46.6 Å². The zero-order chi connectivity index (χ0) is 9.36. The minimum Gasteiger partial charge on any atom is -0.870 e. The maximum atomic E-state index is 2.31. The third kappa shape index (κ3) is 5.51. The van der Waals surface area contributed by atoms with Crippen molar-refractivity contribution in [2.24, 2.45) is 0 Å². The van der Waals surface area contributed by atoms with Crippen molar-refractivity contribution in [2.45, 2.75) is 19.9 Å². The maximum absolute atomic E-state index is 2.31. The van der Waals surface area contributed by atoms with Gasteiger partial charge in [-0.3, -0.25) is 0 Å². The molecule has 1 rings (SSSR count). The van der Waals surface area contributed by atoms with Crippen molar-refractivity contribution in [2.75, 3.05) is 6.54 Å². The van der Waals surface area contributed by atoms with Crippen molar-refractivity contribution in [1.82, 2.24) is 0 Å². The van der Waals surface area contributed by atoms with Crippen LogP contribution in [0.25, 0.3) is 0 Å². The van der Waals surface area contributed by atoms with Gasteiger partial charge in [-0.15, -0.1) is 0 Å². The fourth-order valence-electron chi connectivity index (χ4n) is 1.22. The van der Waals surface area contributed by atoms with E-state index in [0.717, 1.165) is 19.5 Å². The Morgan fingerprint density at radius 1 is 1.14 bits per heavy atom. The van der Waals surface area contributed by atoms with Crippen molar-refractivity contribution in [3.05, 3.63) is 48.0 Å². The fourth-order valence-corrected chi connectivity index (χ4v) is 1.22. The summed E-state index contributed by atoms with van der Waals surface area (Å²) in [6.45, 7) is 4.32. The lowest BCUT2D eigenvalue weighted by atomic mass is 10.2. The molecular weight excluding hydrogens is 174 g/mol. The van der Waals surface area contributed by atoms with Crippen molar-refractivity contribution in [1.29, 1.82) is 0 Å². The molecule has 0 heterocycles. The molecule has 0 aliphatic heterocycles. The van der Waals surface area contributed by atoms with Gasteiger partial charge in [0.2, 0.25) is 0 Å². The van der Waals surface area contributed by atoms with Crippen LogP contribution >= 0.6 is 0 Å². The predicted molar refractivity (Wildman–Crippen MR) is 58.3 cm³/mol. The van der Waals surface area contributed by atoms with Crippen molar-refractivity contribution in [3.63, 3.8) is 0 Å². The van der Waals surface area contributed by atoms with Gasteiger partial charge in [-0.25, -0.2) is 0 Å². The smallest absolute Gasteiger partial charge is 0.101 e. The molecule has 0 radical (unpaired) electrons. The number of benzene rings is 1. The van der Waals surface area contributed by atoms with E-state index in [-0.39, 0.29) is 5.48 Å². The van der Waals surface area contributed by atoms with Gasteiger partial charge in [0, 0.05) is 5.56 Å². The number of hydrogen-bond acceptors (Lipinski definition) is 1. The summed E-state index contributed by atoms with van der Waals surface area (Å²) in [6, 6.07) is 10.6. The molecule has 2 heteroatoms. The van der Waals surface area contributed by atoms with Crippen LogP contribution in [-0.4, -0.2) is 12.0 Å². The van der Waals surface area contributed by atoms with Gasteiger partial charge in [0.25, 0.3) is 0 Å².